The Kier molecular flexibility index (Phi) is 7.70. The Morgan fingerprint density at radius 3 is 2.24 bits per heavy atom. The molecule has 25 heavy (non-hydrogen) atoms. The second-order valence-electron chi connectivity index (χ2n) is 5.80. The van der Waals surface area contributed by atoms with Crippen molar-refractivity contribution in [2.75, 3.05) is 6.61 Å². The molecule has 0 heterocycles. The van der Waals surface area contributed by atoms with Gasteiger partial charge in [-0.1, -0.05) is 62.9 Å². The van der Waals surface area contributed by atoms with Crippen molar-refractivity contribution in [1.29, 1.82) is 0 Å². The smallest absolute Gasteiger partial charge is 0.343 e. The van der Waals surface area contributed by atoms with Crippen LogP contribution in [0.1, 0.15) is 59.7 Å². The van der Waals surface area contributed by atoms with Gasteiger partial charge in [0.05, 0.1) is 12.2 Å². The Hall–Kier alpha value is -2.62. The lowest BCUT2D eigenvalue weighted by Crippen LogP contribution is -2.13. The third-order valence-electron chi connectivity index (χ3n) is 3.80. The molecule has 0 aliphatic rings. The van der Waals surface area contributed by atoms with E-state index in [-0.39, 0.29) is 11.3 Å². The lowest BCUT2D eigenvalue weighted by atomic mass is 10.1. The molecule has 0 saturated heterocycles. The maximum Gasteiger partial charge on any atom is 0.343 e. The van der Waals surface area contributed by atoms with Crippen LogP contribution in [0, 0.1) is 0 Å². The highest BCUT2D eigenvalue weighted by molar-refractivity contribution is 5.96. The SMILES string of the molecule is CCCCCCCOC(=O)c1ccccc1OC(=O)c1ccccc1. The molecule has 4 nitrogen and oxygen atoms in total. The largest absolute Gasteiger partial charge is 0.462 e. The zero-order chi connectivity index (χ0) is 17.9. The molecule has 0 fully saturated rings. The summed E-state index contributed by atoms with van der Waals surface area (Å²) >= 11 is 0. The number of carbonyl (C=O) groups excluding carboxylic acids is 2. The minimum absolute atomic E-state index is 0.215. The van der Waals surface area contributed by atoms with Gasteiger partial charge >= 0.3 is 11.9 Å². The van der Waals surface area contributed by atoms with Gasteiger partial charge in [-0.2, -0.15) is 0 Å². The maximum atomic E-state index is 12.3. The first-order valence-electron chi connectivity index (χ1n) is 8.75. The Morgan fingerprint density at radius 2 is 1.48 bits per heavy atom. The third kappa shape index (κ3) is 6.07. The molecule has 0 atom stereocenters. The lowest BCUT2D eigenvalue weighted by molar-refractivity contribution is 0.0492. The first-order chi connectivity index (χ1) is 12.2. The van der Waals surface area contributed by atoms with Crippen LogP contribution in [0.5, 0.6) is 5.75 Å². The highest BCUT2D eigenvalue weighted by Crippen LogP contribution is 2.20. The van der Waals surface area contributed by atoms with E-state index in [9.17, 15) is 9.59 Å². The Balaban J connectivity index is 1.93. The van der Waals surface area contributed by atoms with Crippen molar-refractivity contribution < 1.29 is 19.1 Å². The Labute approximate surface area is 148 Å². The van der Waals surface area contributed by atoms with Crippen molar-refractivity contribution in [1.82, 2.24) is 0 Å². The summed E-state index contributed by atoms with van der Waals surface area (Å²) in [6.45, 7) is 2.54. The van der Waals surface area contributed by atoms with Gasteiger partial charge in [0.15, 0.2) is 0 Å². The summed E-state index contributed by atoms with van der Waals surface area (Å²) < 4.78 is 10.7. The number of esters is 2. The van der Waals surface area contributed by atoms with Gasteiger partial charge in [-0.05, 0) is 30.7 Å². The van der Waals surface area contributed by atoms with E-state index in [1.54, 1.807) is 48.5 Å². The van der Waals surface area contributed by atoms with E-state index >= 15 is 0 Å². The van der Waals surface area contributed by atoms with Gasteiger partial charge in [0, 0.05) is 0 Å². The molecule has 2 aromatic carbocycles. The zero-order valence-electron chi connectivity index (χ0n) is 14.6. The predicted molar refractivity (Wildman–Crippen MR) is 96.9 cm³/mol. The second kappa shape index (κ2) is 10.3. The maximum absolute atomic E-state index is 12.3. The zero-order valence-corrected chi connectivity index (χ0v) is 14.6. The normalized spacial score (nSPS) is 10.3. The molecule has 2 rings (SSSR count). The molecule has 0 bridgehead atoms. The molecule has 0 N–H and O–H groups in total. The molecule has 0 aromatic heterocycles. The van der Waals surface area contributed by atoms with Gasteiger partial charge in [0.2, 0.25) is 0 Å². The van der Waals surface area contributed by atoms with Gasteiger partial charge in [-0.3, -0.25) is 0 Å². The Bertz CT molecular complexity index is 679. The van der Waals surface area contributed by atoms with Crippen molar-refractivity contribution in [3.8, 4) is 5.75 Å². The van der Waals surface area contributed by atoms with Crippen LogP contribution in [0.3, 0.4) is 0 Å². The van der Waals surface area contributed by atoms with Crippen LogP contribution in [0.4, 0.5) is 0 Å². The standard InChI is InChI=1S/C21H24O4/c1-2-3-4-5-11-16-24-21(23)18-14-9-10-15-19(18)25-20(22)17-12-7-6-8-13-17/h6-10,12-15H,2-5,11,16H2,1H3. The van der Waals surface area contributed by atoms with Crippen molar-refractivity contribution in [3.05, 3.63) is 65.7 Å². The quantitative estimate of drug-likeness (QED) is 0.365. The molecule has 0 radical (unpaired) electrons. The highest BCUT2D eigenvalue weighted by Gasteiger charge is 2.17. The number of hydrogen-bond acceptors (Lipinski definition) is 4. The van der Waals surface area contributed by atoms with Crippen LogP contribution in [0.15, 0.2) is 54.6 Å². The topological polar surface area (TPSA) is 52.6 Å². The van der Waals surface area contributed by atoms with E-state index in [1.165, 1.54) is 12.8 Å². The third-order valence-corrected chi connectivity index (χ3v) is 3.80. The summed E-state index contributed by atoms with van der Waals surface area (Å²) in [5.74, 6) is -0.750. The van der Waals surface area contributed by atoms with E-state index in [0.717, 1.165) is 19.3 Å². The number of benzene rings is 2. The number of carbonyl (C=O) groups is 2. The lowest BCUT2D eigenvalue weighted by Gasteiger charge is -2.10. The van der Waals surface area contributed by atoms with Crippen molar-refractivity contribution in [3.63, 3.8) is 0 Å². The summed E-state index contributed by atoms with van der Waals surface area (Å²) in [4.78, 5) is 24.4. The van der Waals surface area contributed by atoms with E-state index in [4.69, 9.17) is 9.47 Å². The van der Waals surface area contributed by atoms with Crippen molar-refractivity contribution in [2.45, 2.75) is 39.0 Å². The van der Waals surface area contributed by atoms with Crippen LogP contribution in [0.2, 0.25) is 0 Å². The predicted octanol–water partition coefficient (Wildman–Crippen LogP) is 5.03. The van der Waals surface area contributed by atoms with Crippen molar-refractivity contribution >= 4 is 11.9 Å². The van der Waals surface area contributed by atoms with E-state index in [1.807, 2.05) is 6.07 Å². The van der Waals surface area contributed by atoms with Gasteiger partial charge in [-0.15, -0.1) is 0 Å². The van der Waals surface area contributed by atoms with Crippen LogP contribution in [0.25, 0.3) is 0 Å². The molecule has 132 valence electrons. The monoisotopic (exact) mass is 340 g/mol. The molecule has 0 spiro atoms. The van der Waals surface area contributed by atoms with Crippen LogP contribution >= 0.6 is 0 Å². The van der Waals surface area contributed by atoms with Gasteiger partial charge < -0.3 is 9.47 Å². The van der Waals surface area contributed by atoms with E-state index < -0.39 is 11.9 Å². The minimum Gasteiger partial charge on any atom is -0.462 e. The fourth-order valence-corrected chi connectivity index (χ4v) is 2.41. The molecule has 0 aliphatic carbocycles. The molecule has 0 unspecified atom stereocenters. The first-order valence-corrected chi connectivity index (χ1v) is 8.75. The van der Waals surface area contributed by atoms with Crippen LogP contribution in [-0.2, 0) is 4.74 Å². The van der Waals surface area contributed by atoms with E-state index in [0.29, 0.717) is 12.2 Å². The van der Waals surface area contributed by atoms with Crippen LogP contribution in [-0.4, -0.2) is 18.5 Å². The molecule has 0 amide bonds. The average Bonchev–Trinajstić information content (AvgIpc) is 2.65. The number of ether oxygens (including phenoxy) is 2. The molecular weight excluding hydrogens is 316 g/mol. The minimum atomic E-state index is -0.500. The summed E-state index contributed by atoms with van der Waals surface area (Å²) in [5, 5.41) is 0. The molecular formula is C21H24O4. The molecule has 0 aliphatic heterocycles. The molecule has 0 saturated carbocycles. The van der Waals surface area contributed by atoms with E-state index in [2.05, 4.69) is 6.92 Å². The second-order valence-corrected chi connectivity index (χ2v) is 5.80. The summed E-state index contributed by atoms with van der Waals surface area (Å²) in [7, 11) is 0. The van der Waals surface area contributed by atoms with Gasteiger partial charge in [0.25, 0.3) is 0 Å². The number of hydrogen-bond donors (Lipinski definition) is 0. The number of unbranched alkanes of at least 4 members (excludes halogenated alkanes) is 4. The van der Waals surface area contributed by atoms with Crippen molar-refractivity contribution in [2.24, 2.45) is 0 Å². The number of para-hydroxylation sites is 1. The fraction of sp³-hybridized carbons (Fsp3) is 0.333. The average molecular weight is 340 g/mol. The summed E-state index contributed by atoms with van der Waals surface area (Å²) in [5.41, 5.74) is 0.696. The summed E-state index contributed by atoms with van der Waals surface area (Å²) in [6.07, 6.45) is 5.43. The van der Waals surface area contributed by atoms with Crippen LogP contribution < -0.4 is 4.74 Å². The molecule has 2 aromatic rings. The number of rotatable bonds is 9. The Morgan fingerprint density at radius 1 is 0.800 bits per heavy atom. The highest BCUT2D eigenvalue weighted by atomic mass is 16.5. The summed E-state index contributed by atoms with van der Waals surface area (Å²) in [6, 6.07) is 15.3. The molecule has 4 heteroatoms. The fourth-order valence-electron chi connectivity index (χ4n) is 2.41. The first kappa shape index (κ1) is 18.7. The van der Waals surface area contributed by atoms with Gasteiger partial charge in [-0.25, -0.2) is 9.59 Å². The van der Waals surface area contributed by atoms with Gasteiger partial charge in [0.1, 0.15) is 11.3 Å².